The van der Waals surface area contributed by atoms with Gasteiger partial charge in [0.25, 0.3) is 0 Å². The van der Waals surface area contributed by atoms with Crippen LogP contribution in [0.1, 0.15) is 26.7 Å². The second-order valence-corrected chi connectivity index (χ2v) is 6.46. The molecule has 0 atom stereocenters. The summed E-state index contributed by atoms with van der Waals surface area (Å²) in [4.78, 5) is 23.2. The summed E-state index contributed by atoms with van der Waals surface area (Å²) >= 11 is 0. The Balaban J connectivity index is 2.07. The Kier molecular flexibility index (Phi) is 5.37. The van der Waals surface area contributed by atoms with E-state index < -0.39 is 22.0 Å². The van der Waals surface area contributed by atoms with E-state index in [4.69, 9.17) is 9.15 Å². The third-order valence-electron chi connectivity index (χ3n) is 3.04. The molecule has 0 bridgehead atoms. The molecule has 1 N–H and O–H groups in total. The molecule has 2 rings (SSSR count). The van der Waals surface area contributed by atoms with Gasteiger partial charge in [0.15, 0.2) is 0 Å². The highest BCUT2D eigenvalue weighted by Crippen LogP contribution is 2.14. The third-order valence-corrected chi connectivity index (χ3v) is 4.45. The first kappa shape index (κ1) is 17.7. The van der Waals surface area contributed by atoms with Crippen LogP contribution in [-0.2, 0) is 26.1 Å². The van der Waals surface area contributed by atoms with Crippen molar-refractivity contribution in [2.75, 3.05) is 14.2 Å². The van der Waals surface area contributed by atoms with Gasteiger partial charge in [-0.15, -0.1) is 0 Å². The summed E-state index contributed by atoms with van der Waals surface area (Å²) in [5.74, 6) is -1.12. The number of nitrogens with one attached hydrogen (secondary N) is 1. The number of esters is 2. The lowest BCUT2D eigenvalue weighted by molar-refractivity contribution is 0.0438. The van der Waals surface area contributed by atoms with Gasteiger partial charge in [0.05, 0.1) is 17.6 Å². The van der Waals surface area contributed by atoms with E-state index in [1.54, 1.807) is 0 Å². The van der Waals surface area contributed by atoms with Crippen LogP contribution in [0.5, 0.6) is 0 Å². The molecular weight excluding hydrogens is 338 g/mol. The van der Waals surface area contributed by atoms with E-state index in [2.05, 4.69) is 9.46 Å². The van der Waals surface area contributed by atoms with E-state index in [1.165, 1.54) is 50.6 Å². The van der Waals surface area contributed by atoms with Gasteiger partial charge in [0.1, 0.15) is 12.4 Å². The van der Waals surface area contributed by atoms with Crippen LogP contribution >= 0.6 is 0 Å². The van der Waals surface area contributed by atoms with Gasteiger partial charge < -0.3 is 13.9 Å². The molecule has 0 spiro atoms. The second kappa shape index (κ2) is 7.28. The maximum atomic E-state index is 12.0. The minimum atomic E-state index is -3.66. The van der Waals surface area contributed by atoms with E-state index >= 15 is 0 Å². The van der Waals surface area contributed by atoms with E-state index in [0.717, 1.165) is 0 Å². The lowest BCUT2D eigenvalue weighted by atomic mass is 10.2. The fourth-order valence-corrected chi connectivity index (χ4v) is 2.57. The number of furan rings is 1. The molecule has 0 saturated carbocycles. The fourth-order valence-electron chi connectivity index (χ4n) is 1.79. The fraction of sp³-hybridized carbons (Fsp3) is 0.200. The lowest BCUT2D eigenvalue weighted by Crippen LogP contribution is -2.19. The van der Waals surface area contributed by atoms with Crippen LogP contribution in [0.2, 0.25) is 0 Å². The Labute approximate surface area is 138 Å². The molecule has 0 unspecified atom stereocenters. The zero-order chi connectivity index (χ0) is 17.7. The van der Waals surface area contributed by atoms with Crippen LogP contribution in [-0.4, -0.2) is 34.5 Å². The van der Waals surface area contributed by atoms with Crippen LogP contribution in [0.15, 0.2) is 45.7 Å². The monoisotopic (exact) mass is 353 g/mol. The standard InChI is InChI=1S/C15H15NO7S/c1-16-24(19,20)12-5-3-4-10(8-12)14(17)22-9-11-6-7-13(23-11)15(18)21-2/h3-8,16H,9H2,1-2H3. The molecule has 0 amide bonds. The van der Waals surface area contributed by atoms with Gasteiger partial charge in [-0.3, -0.25) is 0 Å². The van der Waals surface area contributed by atoms with Gasteiger partial charge in [0.2, 0.25) is 15.8 Å². The summed E-state index contributed by atoms with van der Waals surface area (Å²) in [7, 11) is -1.17. The molecule has 0 aliphatic heterocycles. The highest BCUT2D eigenvalue weighted by molar-refractivity contribution is 7.89. The Morgan fingerprint density at radius 3 is 2.58 bits per heavy atom. The van der Waals surface area contributed by atoms with Gasteiger partial charge >= 0.3 is 11.9 Å². The van der Waals surface area contributed by atoms with Crippen molar-refractivity contribution in [2.24, 2.45) is 0 Å². The summed E-state index contributed by atoms with van der Waals surface area (Å²) in [6.45, 7) is -0.209. The SMILES string of the molecule is CNS(=O)(=O)c1cccc(C(=O)OCc2ccc(C(=O)OC)o2)c1. The number of ether oxygens (including phenoxy) is 2. The van der Waals surface area contributed by atoms with Crippen molar-refractivity contribution in [1.82, 2.24) is 4.72 Å². The molecule has 0 aliphatic rings. The van der Waals surface area contributed by atoms with Gasteiger partial charge in [-0.05, 0) is 37.4 Å². The molecular formula is C15H15NO7S. The quantitative estimate of drug-likeness (QED) is 0.780. The number of carbonyl (C=O) groups is 2. The van der Waals surface area contributed by atoms with Crippen LogP contribution < -0.4 is 4.72 Å². The average molecular weight is 353 g/mol. The average Bonchev–Trinajstić information content (AvgIpc) is 3.08. The number of rotatable bonds is 6. The van der Waals surface area contributed by atoms with Crippen molar-refractivity contribution in [2.45, 2.75) is 11.5 Å². The summed E-state index contributed by atoms with van der Waals surface area (Å²) < 4.78 is 40.3. The highest BCUT2D eigenvalue weighted by atomic mass is 32.2. The number of benzene rings is 1. The Morgan fingerprint density at radius 2 is 1.92 bits per heavy atom. The molecule has 9 heteroatoms. The topological polar surface area (TPSA) is 112 Å². The van der Waals surface area contributed by atoms with Gasteiger partial charge in [-0.1, -0.05) is 6.07 Å². The smallest absolute Gasteiger partial charge is 0.373 e. The van der Waals surface area contributed by atoms with E-state index in [0.29, 0.717) is 0 Å². The van der Waals surface area contributed by atoms with Gasteiger partial charge in [0, 0.05) is 0 Å². The molecule has 128 valence electrons. The first-order valence-corrected chi connectivity index (χ1v) is 8.23. The first-order chi connectivity index (χ1) is 11.4. The summed E-state index contributed by atoms with van der Waals surface area (Å²) in [6, 6.07) is 8.30. The van der Waals surface area contributed by atoms with E-state index in [9.17, 15) is 18.0 Å². The summed E-state index contributed by atoms with van der Waals surface area (Å²) in [5.41, 5.74) is 0.0751. The molecule has 0 fully saturated rings. The zero-order valence-corrected chi connectivity index (χ0v) is 13.8. The number of sulfonamides is 1. The van der Waals surface area contributed by atoms with Crippen LogP contribution in [0.4, 0.5) is 0 Å². The lowest BCUT2D eigenvalue weighted by Gasteiger charge is -2.06. The highest BCUT2D eigenvalue weighted by Gasteiger charge is 2.16. The largest absolute Gasteiger partial charge is 0.463 e. The van der Waals surface area contributed by atoms with Crippen molar-refractivity contribution in [3.05, 3.63) is 53.5 Å². The van der Waals surface area contributed by atoms with Crippen molar-refractivity contribution >= 4 is 22.0 Å². The molecule has 0 radical (unpaired) electrons. The Bertz CT molecular complexity index is 854. The minimum absolute atomic E-state index is 0.00865. The number of hydrogen-bond donors (Lipinski definition) is 1. The van der Waals surface area contributed by atoms with Crippen molar-refractivity contribution in [3.8, 4) is 0 Å². The van der Waals surface area contributed by atoms with Crippen molar-refractivity contribution in [1.29, 1.82) is 0 Å². The van der Waals surface area contributed by atoms with Crippen LogP contribution in [0.3, 0.4) is 0 Å². The molecule has 1 heterocycles. The molecule has 24 heavy (non-hydrogen) atoms. The van der Waals surface area contributed by atoms with Gasteiger partial charge in [-0.2, -0.15) is 0 Å². The minimum Gasteiger partial charge on any atom is -0.463 e. The number of hydrogen-bond acceptors (Lipinski definition) is 7. The normalized spacial score (nSPS) is 11.1. The summed E-state index contributed by atoms with van der Waals surface area (Å²) in [5, 5.41) is 0. The van der Waals surface area contributed by atoms with Crippen molar-refractivity contribution < 1.29 is 31.9 Å². The molecule has 2 aromatic rings. The zero-order valence-electron chi connectivity index (χ0n) is 12.9. The number of carbonyl (C=O) groups excluding carboxylic acids is 2. The van der Waals surface area contributed by atoms with Crippen LogP contribution in [0.25, 0.3) is 0 Å². The predicted molar refractivity (Wildman–Crippen MR) is 81.9 cm³/mol. The maximum Gasteiger partial charge on any atom is 0.373 e. The summed E-state index contributed by atoms with van der Waals surface area (Å²) in [6.07, 6.45) is 0. The van der Waals surface area contributed by atoms with Crippen molar-refractivity contribution in [3.63, 3.8) is 0 Å². The van der Waals surface area contributed by atoms with Crippen LogP contribution in [0, 0.1) is 0 Å². The van der Waals surface area contributed by atoms with E-state index in [1.807, 2.05) is 0 Å². The molecule has 1 aromatic carbocycles. The van der Waals surface area contributed by atoms with E-state index in [-0.39, 0.29) is 28.6 Å². The third kappa shape index (κ3) is 4.00. The molecule has 1 aromatic heterocycles. The predicted octanol–water partition coefficient (Wildman–Crippen LogP) is 1.33. The molecule has 0 saturated heterocycles. The molecule has 8 nitrogen and oxygen atoms in total. The first-order valence-electron chi connectivity index (χ1n) is 6.75. The Morgan fingerprint density at radius 1 is 1.17 bits per heavy atom. The maximum absolute atomic E-state index is 12.0. The van der Waals surface area contributed by atoms with Gasteiger partial charge in [-0.25, -0.2) is 22.7 Å². The number of methoxy groups -OCH3 is 1. The molecule has 0 aliphatic carbocycles. The Hall–Kier alpha value is -2.65. The second-order valence-electron chi connectivity index (χ2n) is 4.57.